The standard InChI is InChI=1S/C43H71FN2O3/c1-28(2)30-14-21-43(35(47)26-45-24-25-46(8)9)23-22-40(6)32(36(30)43)10-11-34-39(5)17-15-31(38(3,4)33(39)16-18-41(34,40)7)29-12-19-42(27-44,20-13-29)37(48)49/h12,15,28,30,32-36,45,47H,10-11,13-14,16-27H2,1-9H3,(H,48,49)/t30-,32+,33-,34+,35-,36+,39-,40+,41+,42-,43+/m0/s1. The fourth-order valence-electron chi connectivity index (χ4n) is 14.4. The van der Waals surface area contributed by atoms with Crippen LogP contribution in [0.5, 0.6) is 0 Å². The number of alkyl halides is 1. The number of rotatable bonds is 10. The molecule has 5 nitrogen and oxygen atoms in total. The third kappa shape index (κ3) is 5.56. The second kappa shape index (κ2) is 13.0. The molecule has 0 bridgehead atoms. The number of nitrogens with one attached hydrogen (secondary N) is 1. The van der Waals surface area contributed by atoms with E-state index >= 15 is 0 Å². The molecule has 0 amide bonds. The van der Waals surface area contributed by atoms with E-state index in [0.29, 0.717) is 61.3 Å². The Morgan fingerprint density at radius 1 is 0.939 bits per heavy atom. The first-order valence-corrected chi connectivity index (χ1v) is 20.2. The summed E-state index contributed by atoms with van der Waals surface area (Å²) >= 11 is 0. The van der Waals surface area contributed by atoms with Crippen molar-refractivity contribution >= 4 is 5.97 Å². The number of aliphatic hydroxyl groups is 1. The van der Waals surface area contributed by atoms with Crippen LogP contribution >= 0.6 is 0 Å². The summed E-state index contributed by atoms with van der Waals surface area (Å²) in [5.41, 5.74) is 2.22. The van der Waals surface area contributed by atoms with Crippen molar-refractivity contribution in [1.29, 1.82) is 0 Å². The Hall–Kier alpha value is -1.24. The number of carbonyl (C=O) groups is 1. The minimum Gasteiger partial charge on any atom is -0.481 e. The number of carboxylic acid groups (broad SMARTS) is 1. The zero-order chi connectivity index (χ0) is 35.8. The highest BCUT2D eigenvalue weighted by atomic mass is 19.1. The predicted octanol–water partition coefficient (Wildman–Crippen LogP) is 8.92. The van der Waals surface area contributed by atoms with Crippen LogP contribution in [0, 0.1) is 68.0 Å². The molecule has 0 aromatic carbocycles. The topological polar surface area (TPSA) is 72.8 Å². The molecular weight excluding hydrogens is 611 g/mol. The van der Waals surface area contributed by atoms with Gasteiger partial charge in [0.25, 0.3) is 0 Å². The Morgan fingerprint density at radius 3 is 2.29 bits per heavy atom. The molecule has 278 valence electrons. The molecule has 0 aliphatic heterocycles. The van der Waals surface area contributed by atoms with Crippen LogP contribution in [0.3, 0.4) is 0 Å². The maximum absolute atomic E-state index is 14.0. The van der Waals surface area contributed by atoms with Crippen molar-refractivity contribution in [3.63, 3.8) is 0 Å². The number of aliphatic carboxylic acids is 1. The number of hydrogen-bond donors (Lipinski definition) is 3. The van der Waals surface area contributed by atoms with E-state index in [4.69, 9.17) is 0 Å². The lowest BCUT2D eigenvalue weighted by atomic mass is 9.32. The number of likely N-dealkylation sites (N-methyl/N-ethyl adjacent to an activating group) is 1. The summed E-state index contributed by atoms with van der Waals surface area (Å²) in [7, 11) is 4.23. The minimum atomic E-state index is -1.25. The average molecular weight is 683 g/mol. The Bertz CT molecular complexity index is 1320. The third-order valence-corrected chi connectivity index (χ3v) is 17.4. The molecule has 49 heavy (non-hydrogen) atoms. The van der Waals surface area contributed by atoms with Gasteiger partial charge in [0, 0.05) is 25.0 Å². The number of fused-ring (bicyclic) bond motifs is 7. The van der Waals surface area contributed by atoms with Crippen molar-refractivity contribution in [2.45, 2.75) is 132 Å². The van der Waals surface area contributed by atoms with E-state index in [1.807, 2.05) is 0 Å². The molecule has 0 unspecified atom stereocenters. The van der Waals surface area contributed by atoms with E-state index in [2.05, 4.69) is 84.9 Å². The molecule has 6 aliphatic carbocycles. The molecule has 0 heterocycles. The largest absolute Gasteiger partial charge is 0.481 e. The maximum Gasteiger partial charge on any atom is 0.312 e. The first kappa shape index (κ1) is 37.5. The van der Waals surface area contributed by atoms with E-state index in [1.165, 1.54) is 56.1 Å². The van der Waals surface area contributed by atoms with Crippen LogP contribution in [0.2, 0.25) is 0 Å². The van der Waals surface area contributed by atoms with E-state index in [9.17, 15) is 19.4 Å². The van der Waals surface area contributed by atoms with Crippen molar-refractivity contribution in [2.24, 2.45) is 68.0 Å². The minimum absolute atomic E-state index is 0.00351. The predicted molar refractivity (Wildman–Crippen MR) is 198 cm³/mol. The van der Waals surface area contributed by atoms with E-state index in [0.717, 1.165) is 25.9 Å². The fraction of sp³-hybridized carbons (Fsp3) is 0.884. The van der Waals surface area contributed by atoms with Crippen molar-refractivity contribution in [2.75, 3.05) is 40.4 Å². The molecular formula is C43H71FN2O3. The Morgan fingerprint density at radius 2 is 1.67 bits per heavy atom. The number of aliphatic hydroxyl groups excluding tert-OH is 1. The average Bonchev–Trinajstić information content (AvgIpc) is 3.44. The Balaban J connectivity index is 1.28. The highest BCUT2D eigenvalue weighted by molar-refractivity contribution is 5.75. The molecule has 6 heteroatoms. The van der Waals surface area contributed by atoms with Gasteiger partial charge in [-0.25, -0.2) is 4.39 Å². The second-order valence-corrected chi connectivity index (χ2v) is 20.1. The maximum atomic E-state index is 14.0. The van der Waals surface area contributed by atoms with Crippen molar-refractivity contribution < 1.29 is 19.4 Å². The van der Waals surface area contributed by atoms with Crippen molar-refractivity contribution in [3.8, 4) is 0 Å². The van der Waals surface area contributed by atoms with E-state index in [1.54, 1.807) is 0 Å². The lowest BCUT2D eigenvalue weighted by Gasteiger charge is -2.72. The molecule has 3 N–H and O–H groups in total. The van der Waals surface area contributed by atoms with Gasteiger partial charge >= 0.3 is 5.97 Å². The normalized spacial score (nSPS) is 45.1. The van der Waals surface area contributed by atoms with Crippen LogP contribution in [0.1, 0.15) is 126 Å². The summed E-state index contributed by atoms with van der Waals surface area (Å²) in [5.74, 6) is 2.82. The van der Waals surface area contributed by atoms with Gasteiger partial charge in [0.1, 0.15) is 6.67 Å². The molecule has 4 fully saturated rings. The highest BCUT2D eigenvalue weighted by Crippen LogP contribution is 2.78. The number of halogens is 1. The molecule has 0 spiro atoms. The number of allylic oxidation sites excluding steroid dienone is 4. The van der Waals surface area contributed by atoms with Crippen molar-refractivity contribution in [3.05, 3.63) is 23.3 Å². The molecule has 4 saturated carbocycles. The van der Waals surface area contributed by atoms with Crippen LogP contribution in [0.25, 0.3) is 0 Å². The summed E-state index contributed by atoms with van der Waals surface area (Å²) in [6, 6.07) is 0. The third-order valence-electron chi connectivity index (χ3n) is 17.4. The zero-order valence-electron chi connectivity index (χ0n) is 32.6. The van der Waals surface area contributed by atoms with Gasteiger partial charge in [-0.05, 0) is 159 Å². The molecule has 6 rings (SSSR count). The van der Waals surface area contributed by atoms with Crippen LogP contribution in [-0.4, -0.2) is 67.6 Å². The van der Waals surface area contributed by atoms with Crippen LogP contribution in [0.15, 0.2) is 23.3 Å². The first-order valence-electron chi connectivity index (χ1n) is 20.2. The summed E-state index contributed by atoms with van der Waals surface area (Å²) in [6.07, 6.45) is 16.7. The highest BCUT2D eigenvalue weighted by Gasteiger charge is 2.71. The lowest BCUT2D eigenvalue weighted by Crippen LogP contribution is -2.66. The van der Waals surface area contributed by atoms with Gasteiger partial charge in [0.05, 0.1) is 11.5 Å². The van der Waals surface area contributed by atoms with Crippen LogP contribution in [-0.2, 0) is 4.79 Å². The molecule has 0 saturated heterocycles. The van der Waals surface area contributed by atoms with Gasteiger partial charge in [0.15, 0.2) is 0 Å². The summed E-state index contributed by atoms with van der Waals surface area (Å²) in [4.78, 5) is 14.2. The SMILES string of the molecule is CC(C)[C@@H]1CC[C@]2([C@@H](O)CNCCN(C)C)CC[C@]3(C)[C@H](CC[C@@H]4[C@@]5(C)CC=C(C6=CC[C@](CF)(C(=O)O)CC6)C(C)(C)[C@@H]5CC[C@]43C)[C@@H]12. The van der Waals surface area contributed by atoms with Gasteiger partial charge in [-0.1, -0.05) is 60.6 Å². The number of hydrogen-bond acceptors (Lipinski definition) is 4. The second-order valence-electron chi connectivity index (χ2n) is 20.1. The zero-order valence-corrected chi connectivity index (χ0v) is 32.6. The van der Waals surface area contributed by atoms with Crippen molar-refractivity contribution in [1.82, 2.24) is 10.2 Å². The quantitative estimate of drug-likeness (QED) is 0.201. The van der Waals surface area contributed by atoms with Gasteiger partial charge < -0.3 is 20.4 Å². The van der Waals surface area contributed by atoms with Crippen LogP contribution < -0.4 is 5.32 Å². The molecule has 0 aromatic heterocycles. The molecule has 0 aromatic rings. The number of nitrogens with zero attached hydrogens (tertiary/aromatic N) is 1. The van der Waals surface area contributed by atoms with Gasteiger partial charge in [-0.15, -0.1) is 0 Å². The molecule has 6 aliphatic rings. The van der Waals surface area contributed by atoms with Crippen LogP contribution in [0.4, 0.5) is 4.39 Å². The summed E-state index contributed by atoms with van der Waals surface area (Å²) < 4.78 is 14.0. The van der Waals surface area contributed by atoms with E-state index in [-0.39, 0.29) is 33.2 Å². The van der Waals surface area contributed by atoms with E-state index < -0.39 is 18.1 Å². The smallest absolute Gasteiger partial charge is 0.312 e. The monoisotopic (exact) mass is 683 g/mol. The first-order chi connectivity index (χ1) is 22.9. The summed E-state index contributed by atoms with van der Waals surface area (Å²) in [5, 5.41) is 25.5. The number of carboxylic acids is 1. The Labute approximate surface area is 298 Å². The molecule has 0 radical (unpaired) electrons. The van der Waals surface area contributed by atoms with Gasteiger partial charge in [0.2, 0.25) is 0 Å². The van der Waals surface area contributed by atoms with Gasteiger partial charge in [-0.2, -0.15) is 0 Å². The molecule has 11 atom stereocenters. The lowest BCUT2D eigenvalue weighted by molar-refractivity contribution is -0.238. The fourth-order valence-corrected chi connectivity index (χ4v) is 14.4. The Kier molecular flexibility index (Phi) is 9.96. The summed E-state index contributed by atoms with van der Waals surface area (Å²) in [6.45, 7) is 19.7. The van der Waals surface area contributed by atoms with Gasteiger partial charge in [-0.3, -0.25) is 4.79 Å².